The first-order valence-corrected chi connectivity index (χ1v) is 11.3. The van der Waals surface area contributed by atoms with Gasteiger partial charge in [0, 0.05) is 12.0 Å². The van der Waals surface area contributed by atoms with Crippen LogP contribution in [0.3, 0.4) is 0 Å². The van der Waals surface area contributed by atoms with Gasteiger partial charge in [0.2, 0.25) is 0 Å². The SMILES string of the molecule is C=C[C@@]1(C)CC=C2[C@@H](CC[C@@H]3C(C)(C)[C@H](OC(=O)NC(=O)NCCO)CC[C@@]23C)C1. The molecule has 6 nitrogen and oxygen atoms in total. The van der Waals surface area contributed by atoms with E-state index in [4.69, 9.17) is 9.84 Å². The van der Waals surface area contributed by atoms with Crippen LogP contribution in [0.1, 0.15) is 66.2 Å². The lowest BCUT2D eigenvalue weighted by Gasteiger charge is -2.60. The summed E-state index contributed by atoms with van der Waals surface area (Å²) in [5.41, 5.74) is 1.75. The molecule has 3 aliphatic carbocycles. The Morgan fingerprint density at radius 2 is 2.00 bits per heavy atom. The highest BCUT2D eigenvalue weighted by Crippen LogP contribution is 2.64. The van der Waals surface area contributed by atoms with Crippen LogP contribution in [-0.2, 0) is 4.74 Å². The van der Waals surface area contributed by atoms with Gasteiger partial charge in [-0.25, -0.2) is 14.9 Å². The molecule has 3 aliphatic rings. The van der Waals surface area contributed by atoms with E-state index in [1.54, 1.807) is 5.57 Å². The highest BCUT2D eigenvalue weighted by molar-refractivity contribution is 5.90. The number of allylic oxidation sites excluding steroid dienone is 3. The van der Waals surface area contributed by atoms with E-state index in [-0.39, 0.29) is 35.5 Å². The number of aliphatic hydroxyl groups excluding tert-OH is 1. The number of carbonyl (C=O) groups excluding carboxylic acids is 2. The van der Waals surface area contributed by atoms with Crippen molar-refractivity contribution in [2.24, 2.45) is 28.1 Å². The van der Waals surface area contributed by atoms with Gasteiger partial charge < -0.3 is 15.2 Å². The molecule has 0 aromatic heterocycles. The average Bonchev–Trinajstić information content (AvgIpc) is 2.68. The summed E-state index contributed by atoms with van der Waals surface area (Å²) in [5.74, 6) is 1.05. The Hall–Kier alpha value is -1.82. The van der Waals surface area contributed by atoms with Crippen LogP contribution in [0.25, 0.3) is 0 Å². The Morgan fingerprint density at radius 1 is 1.27 bits per heavy atom. The zero-order chi connectivity index (χ0) is 22.2. The second-order valence-electron chi connectivity index (χ2n) is 10.5. The Bertz CT molecular complexity index is 731. The van der Waals surface area contributed by atoms with Gasteiger partial charge in [0.25, 0.3) is 0 Å². The monoisotopic (exact) mass is 418 g/mol. The molecule has 2 saturated carbocycles. The van der Waals surface area contributed by atoms with Gasteiger partial charge in [-0.2, -0.15) is 0 Å². The van der Waals surface area contributed by atoms with Crippen LogP contribution in [0.2, 0.25) is 0 Å². The van der Waals surface area contributed by atoms with E-state index in [1.165, 1.54) is 12.8 Å². The van der Waals surface area contributed by atoms with Gasteiger partial charge in [-0.3, -0.25) is 0 Å². The van der Waals surface area contributed by atoms with Gasteiger partial charge in [0.1, 0.15) is 6.10 Å². The summed E-state index contributed by atoms with van der Waals surface area (Å²) in [6, 6.07) is -0.648. The minimum absolute atomic E-state index is 0.0929. The van der Waals surface area contributed by atoms with E-state index in [1.807, 2.05) is 0 Å². The zero-order valence-electron chi connectivity index (χ0n) is 18.9. The number of aliphatic hydroxyl groups is 1. The fourth-order valence-corrected chi connectivity index (χ4v) is 6.49. The van der Waals surface area contributed by atoms with Gasteiger partial charge in [-0.1, -0.05) is 45.4 Å². The fraction of sp³-hybridized carbons (Fsp3) is 0.750. The van der Waals surface area contributed by atoms with E-state index in [0.717, 1.165) is 25.7 Å². The average molecular weight is 419 g/mol. The lowest BCUT2D eigenvalue weighted by atomic mass is 9.46. The van der Waals surface area contributed by atoms with Crippen molar-refractivity contribution in [2.75, 3.05) is 13.2 Å². The number of urea groups is 1. The quantitative estimate of drug-likeness (QED) is 0.585. The van der Waals surface area contributed by atoms with Crippen molar-refractivity contribution in [3.8, 4) is 0 Å². The lowest BCUT2D eigenvalue weighted by Crippen LogP contribution is -2.56. The molecule has 0 aromatic carbocycles. The molecule has 3 N–H and O–H groups in total. The summed E-state index contributed by atoms with van der Waals surface area (Å²) in [6.07, 6.45) is 9.94. The molecule has 2 fully saturated rings. The van der Waals surface area contributed by atoms with Crippen LogP contribution < -0.4 is 10.6 Å². The summed E-state index contributed by atoms with van der Waals surface area (Å²) < 4.78 is 5.73. The second-order valence-corrected chi connectivity index (χ2v) is 10.5. The van der Waals surface area contributed by atoms with E-state index >= 15 is 0 Å². The van der Waals surface area contributed by atoms with Crippen LogP contribution in [0.4, 0.5) is 9.59 Å². The van der Waals surface area contributed by atoms with E-state index in [0.29, 0.717) is 11.8 Å². The first kappa shape index (κ1) is 22.9. The number of rotatable bonds is 4. The van der Waals surface area contributed by atoms with Gasteiger partial charge >= 0.3 is 12.1 Å². The third kappa shape index (κ3) is 4.16. The number of nitrogens with one attached hydrogen (secondary N) is 2. The number of ether oxygens (including phenoxy) is 1. The minimum atomic E-state index is -0.723. The molecule has 3 amide bonds. The number of hydrogen-bond donors (Lipinski definition) is 3. The van der Waals surface area contributed by atoms with E-state index in [9.17, 15) is 9.59 Å². The fourth-order valence-electron chi connectivity index (χ4n) is 6.49. The number of alkyl carbamates (subject to hydrolysis) is 1. The molecule has 0 aromatic rings. The molecular weight excluding hydrogens is 380 g/mol. The van der Waals surface area contributed by atoms with Gasteiger partial charge in [0.15, 0.2) is 0 Å². The Morgan fingerprint density at radius 3 is 2.67 bits per heavy atom. The van der Waals surface area contributed by atoms with E-state index in [2.05, 4.69) is 57.1 Å². The zero-order valence-corrected chi connectivity index (χ0v) is 18.9. The predicted octanol–water partition coefficient (Wildman–Crippen LogP) is 4.55. The molecule has 0 spiro atoms. The summed E-state index contributed by atoms with van der Waals surface area (Å²) in [6.45, 7) is 13.1. The van der Waals surface area contributed by atoms with Crippen molar-refractivity contribution >= 4 is 12.1 Å². The van der Waals surface area contributed by atoms with Gasteiger partial charge in [-0.05, 0) is 61.2 Å². The summed E-state index contributed by atoms with van der Waals surface area (Å²) >= 11 is 0. The normalized spacial score (nSPS) is 37.1. The first-order valence-electron chi connectivity index (χ1n) is 11.3. The van der Waals surface area contributed by atoms with Crippen LogP contribution in [-0.4, -0.2) is 36.5 Å². The number of amides is 3. The number of hydrogen-bond acceptors (Lipinski definition) is 4. The van der Waals surface area contributed by atoms with Crippen LogP contribution in [0.5, 0.6) is 0 Å². The summed E-state index contributed by atoms with van der Waals surface area (Å²) in [4.78, 5) is 23.9. The molecule has 5 atom stereocenters. The summed E-state index contributed by atoms with van der Waals surface area (Å²) in [7, 11) is 0. The van der Waals surface area contributed by atoms with Crippen molar-refractivity contribution in [1.29, 1.82) is 0 Å². The molecule has 0 aliphatic heterocycles. The molecule has 0 unspecified atom stereocenters. The molecule has 0 bridgehead atoms. The van der Waals surface area contributed by atoms with Crippen LogP contribution in [0.15, 0.2) is 24.3 Å². The molecule has 168 valence electrons. The standard InChI is InChI=1S/C24H38N2O4/c1-6-23(4)11-9-17-16(15-23)7-8-18-22(2,3)19(10-12-24(17,18)5)30-21(29)26-20(28)25-13-14-27/h6,9,16,18-19,27H,1,7-8,10-15H2,2-5H3,(H2,25,26,28,29)/t16-,18+,19+,23-,24-/m0/s1. The van der Waals surface area contributed by atoms with Crippen molar-refractivity contribution in [3.63, 3.8) is 0 Å². The largest absolute Gasteiger partial charge is 0.445 e. The van der Waals surface area contributed by atoms with Crippen LogP contribution in [0, 0.1) is 28.1 Å². The highest BCUT2D eigenvalue weighted by Gasteiger charge is 2.57. The lowest BCUT2D eigenvalue weighted by molar-refractivity contribution is -0.103. The van der Waals surface area contributed by atoms with Crippen molar-refractivity contribution < 1.29 is 19.4 Å². The topological polar surface area (TPSA) is 87.7 Å². The van der Waals surface area contributed by atoms with Crippen molar-refractivity contribution in [2.45, 2.75) is 72.3 Å². The molecule has 3 rings (SSSR count). The third-order valence-electron chi connectivity index (χ3n) is 8.18. The van der Waals surface area contributed by atoms with Crippen molar-refractivity contribution in [3.05, 3.63) is 24.3 Å². The number of fused-ring (bicyclic) bond motifs is 3. The minimum Gasteiger partial charge on any atom is -0.445 e. The van der Waals surface area contributed by atoms with Gasteiger partial charge in [-0.15, -0.1) is 6.58 Å². The maximum atomic E-state index is 12.3. The van der Waals surface area contributed by atoms with Gasteiger partial charge in [0.05, 0.1) is 6.61 Å². The maximum absolute atomic E-state index is 12.3. The Kier molecular flexibility index (Phi) is 6.38. The van der Waals surface area contributed by atoms with E-state index < -0.39 is 12.1 Å². The number of carbonyl (C=O) groups is 2. The summed E-state index contributed by atoms with van der Waals surface area (Å²) in [5, 5.41) is 13.4. The molecule has 30 heavy (non-hydrogen) atoms. The Balaban J connectivity index is 1.72. The molecule has 6 heteroatoms. The predicted molar refractivity (Wildman–Crippen MR) is 117 cm³/mol. The maximum Gasteiger partial charge on any atom is 0.415 e. The first-order chi connectivity index (χ1) is 14.1. The molecule has 0 radical (unpaired) electrons. The second kappa shape index (κ2) is 8.37. The molecule has 0 heterocycles. The van der Waals surface area contributed by atoms with Crippen molar-refractivity contribution in [1.82, 2.24) is 10.6 Å². The molecule has 0 saturated heterocycles. The smallest absolute Gasteiger partial charge is 0.415 e. The van der Waals surface area contributed by atoms with Crippen LogP contribution >= 0.6 is 0 Å². The number of imide groups is 1. The third-order valence-corrected chi connectivity index (χ3v) is 8.18. The Labute approximate surface area is 180 Å². The molecular formula is C24H38N2O4. The highest BCUT2D eigenvalue weighted by atomic mass is 16.6.